The average molecular weight is 494 g/mol. The number of hydrogen-bond acceptors (Lipinski definition) is 8. The van der Waals surface area contributed by atoms with E-state index in [9.17, 15) is 20.2 Å². The molecule has 37 heavy (non-hydrogen) atoms. The van der Waals surface area contributed by atoms with Crippen LogP contribution in [0.15, 0.2) is 94.3 Å². The molecule has 5 rings (SSSR count). The number of aliphatic imine (C=N–C) groups is 1. The first kappa shape index (κ1) is 23.4. The van der Waals surface area contributed by atoms with Crippen LogP contribution in [0.1, 0.15) is 11.1 Å². The minimum absolute atomic E-state index is 0.0942. The standard InChI is InChI=1S/C27H18N4O6/c1-17-4-2-7-25-26(17)29-27(37-25)19-5-3-6-20(14-19)28-16-18-8-11-22(12-9-18)36-24-13-10-21(30(32)33)15-23(24)31(34)35/h2-16H,1H3. The second kappa shape index (κ2) is 9.70. The van der Waals surface area contributed by atoms with Crippen molar-refractivity contribution in [3.63, 3.8) is 0 Å². The maximum atomic E-state index is 11.3. The van der Waals surface area contributed by atoms with Gasteiger partial charge in [-0.2, -0.15) is 0 Å². The van der Waals surface area contributed by atoms with Gasteiger partial charge in [0, 0.05) is 17.8 Å². The number of fused-ring (bicyclic) bond motifs is 1. The Morgan fingerprint density at radius 3 is 2.43 bits per heavy atom. The van der Waals surface area contributed by atoms with Gasteiger partial charge in [0.05, 0.1) is 21.6 Å². The molecule has 0 saturated heterocycles. The lowest BCUT2D eigenvalue weighted by Crippen LogP contribution is -1.96. The highest BCUT2D eigenvalue weighted by atomic mass is 16.6. The molecule has 0 aliphatic heterocycles. The van der Waals surface area contributed by atoms with Gasteiger partial charge >= 0.3 is 5.69 Å². The predicted molar refractivity (Wildman–Crippen MR) is 138 cm³/mol. The lowest BCUT2D eigenvalue weighted by molar-refractivity contribution is -0.394. The number of aromatic nitrogens is 1. The molecule has 4 aromatic carbocycles. The molecule has 5 aromatic rings. The molecule has 0 fully saturated rings. The number of benzene rings is 4. The molecule has 10 nitrogen and oxygen atoms in total. The fourth-order valence-corrected chi connectivity index (χ4v) is 3.68. The van der Waals surface area contributed by atoms with Crippen LogP contribution in [0.5, 0.6) is 11.5 Å². The van der Waals surface area contributed by atoms with Crippen LogP contribution in [-0.2, 0) is 0 Å². The van der Waals surface area contributed by atoms with Gasteiger partial charge in [0.2, 0.25) is 11.6 Å². The Balaban J connectivity index is 1.32. The molecular weight excluding hydrogens is 476 g/mol. The van der Waals surface area contributed by atoms with Crippen LogP contribution in [0.4, 0.5) is 17.1 Å². The van der Waals surface area contributed by atoms with Crippen molar-refractivity contribution in [1.82, 2.24) is 4.98 Å². The maximum absolute atomic E-state index is 11.3. The Bertz CT molecular complexity index is 1670. The lowest BCUT2D eigenvalue weighted by Gasteiger charge is -2.06. The van der Waals surface area contributed by atoms with Gasteiger partial charge in [-0.25, -0.2) is 4.98 Å². The number of nitro benzene ring substituents is 2. The molecule has 1 heterocycles. The van der Waals surface area contributed by atoms with Crippen molar-refractivity contribution in [2.75, 3.05) is 0 Å². The second-order valence-corrected chi connectivity index (χ2v) is 8.09. The summed E-state index contributed by atoms with van der Waals surface area (Å²) in [5.41, 5.74) is 4.00. The van der Waals surface area contributed by atoms with Crippen molar-refractivity contribution in [1.29, 1.82) is 0 Å². The third-order valence-electron chi connectivity index (χ3n) is 5.53. The molecule has 0 atom stereocenters. The molecule has 1 aromatic heterocycles. The third-order valence-corrected chi connectivity index (χ3v) is 5.53. The lowest BCUT2D eigenvalue weighted by atomic mass is 10.2. The molecule has 0 aliphatic carbocycles. The Labute approximate surface area is 209 Å². The van der Waals surface area contributed by atoms with Gasteiger partial charge in [0.15, 0.2) is 5.58 Å². The van der Waals surface area contributed by atoms with E-state index in [2.05, 4.69) is 9.98 Å². The summed E-state index contributed by atoms with van der Waals surface area (Å²) in [6.45, 7) is 1.98. The molecule has 182 valence electrons. The first-order chi connectivity index (χ1) is 17.9. The van der Waals surface area contributed by atoms with Crippen molar-refractivity contribution < 1.29 is 19.0 Å². The first-order valence-corrected chi connectivity index (χ1v) is 11.1. The summed E-state index contributed by atoms with van der Waals surface area (Å²) in [6.07, 6.45) is 1.67. The highest BCUT2D eigenvalue weighted by Crippen LogP contribution is 2.34. The van der Waals surface area contributed by atoms with E-state index >= 15 is 0 Å². The van der Waals surface area contributed by atoms with E-state index < -0.39 is 15.5 Å². The highest BCUT2D eigenvalue weighted by Gasteiger charge is 2.21. The zero-order valence-corrected chi connectivity index (χ0v) is 19.4. The van der Waals surface area contributed by atoms with Crippen molar-refractivity contribution in [2.24, 2.45) is 4.99 Å². The van der Waals surface area contributed by atoms with Crippen LogP contribution < -0.4 is 4.74 Å². The van der Waals surface area contributed by atoms with E-state index in [4.69, 9.17) is 9.15 Å². The van der Waals surface area contributed by atoms with Gasteiger partial charge in [-0.15, -0.1) is 0 Å². The molecule has 0 radical (unpaired) electrons. The SMILES string of the molecule is Cc1cccc2oc(-c3cccc(N=Cc4ccc(Oc5ccc([N+](=O)[O-])cc5[N+](=O)[O-])cc4)c3)nc12. The number of hydrogen-bond donors (Lipinski definition) is 0. The summed E-state index contributed by atoms with van der Waals surface area (Å²) in [5.74, 6) is 0.758. The van der Waals surface area contributed by atoms with E-state index in [0.717, 1.165) is 39.9 Å². The zero-order valence-electron chi connectivity index (χ0n) is 19.4. The average Bonchev–Trinajstić information content (AvgIpc) is 3.34. The summed E-state index contributed by atoms with van der Waals surface area (Å²) < 4.78 is 11.5. The normalized spacial score (nSPS) is 11.2. The number of ether oxygens (including phenoxy) is 1. The summed E-state index contributed by atoms with van der Waals surface area (Å²) in [4.78, 5) is 29.9. The van der Waals surface area contributed by atoms with Gasteiger partial charge in [0.25, 0.3) is 5.69 Å². The second-order valence-electron chi connectivity index (χ2n) is 8.09. The molecule has 0 bridgehead atoms. The highest BCUT2D eigenvalue weighted by molar-refractivity contribution is 5.83. The maximum Gasteiger partial charge on any atom is 0.318 e. The predicted octanol–water partition coefficient (Wildman–Crippen LogP) is 7.16. The van der Waals surface area contributed by atoms with E-state index in [0.29, 0.717) is 17.3 Å². The molecule has 0 N–H and O–H groups in total. The van der Waals surface area contributed by atoms with Gasteiger partial charge < -0.3 is 9.15 Å². The number of para-hydroxylation sites is 1. The Hall–Kier alpha value is -5.38. The Morgan fingerprint density at radius 1 is 0.919 bits per heavy atom. The molecule has 0 saturated carbocycles. The number of oxazole rings is 1. The van der Waals surface area contributed by atoms with Crippen LogP contribution >= 0.6 is 0 Å². The number of aryl methyl sites for hydroxylation is 1. The van der Waals surface area contributed by atoms with Gasteiger partial charge in [-0.05, 0) is 72.6 Å². The van der Waals surface area contributed by atoms with Crippen LogP contribution in [0.2, 0.25) is 0 Å². The topological polar surface area (TPSA) is 134 Å². The monoisotopic (exact) mass is 494 g/mol. The fourth-order valence-electron chi connectivity index (χ4n) is 3.68. The number of nitrogens with zero attached hydrogens (tertiary/aromatic N) is 4. The molecule has 0 aliphatic rings. The smallest absolute Gasteiger partial charge is 0.318 e. The van der Waals surface area contributed by atoms with Crippen molar-refractivity contribution in [2.45, 2.75) is 6.92 Å². The van der Waals surface area contributed by atoms with E-state index in [1.807, 2.05) is 49.4 Å². The quantitative estimate of drug-likeness (QED) is 0.133. The number of nitro groups is 2. The van der Waals surface area contributed by atoms with Crippen LogP contribution in [0.25, 0.3) is 22.6 Å². The van der Waals surface area contributed by atoms with E-state index in [-0.39, 0.29) is 11.4 Å². The van der Waals surface area contributed by atoms with E-state index in [1.54, 1.807) is 30.5 Å². The minimum atomic E-state index is -0.723. The van der Waals surface area contributed by atoms with Gasteiger partial charge in [0.1, 0.15) is 11.3 Å². The van der Waals surface area contributed by atoms with Crippen molar-refractivity contribution in [3.8, 4) is 23.0 Å². The summed E-state index contributed by atoms with van der Waals surface area (Å²) in [5, 5.41) is 22.2. The summed E-state index contributed by atoms with van der Waals surface area (Å²) >= 11 is 0. The fraction of sp³-hybridized carbons (Fsp3) is 0.0370. The minimum Gasteiger partial charge on any atom is -0.450 e. The number of non-ortho nitro benzene ring substituents is 1. The molecule has 0 unspecified atom stereocenters. The third kappa shape index (κ3) is 5.03. The van der Waals surface area contributed by atoms with Crippen molar-refractivity contribution >= 4 is 34.4 Å². The van der Waals surface area contributed by atoms with Crippen LogP contribution in [0.3, 0.4) is 0 Å². The van der Waals surface area contributed by atoms with Crippen LogP contribution in [0, 0.1) is 27.2 Å². The van der Waals surface area contributed by atoms with Crippen LogP contribution in [-0.4, -0.2) is 21.0 Å². The Morgan fingerprint density at radius 2 is 1.70 bits per heavy atom. The molecule has 0 spiro atoms. The number of rotatable bonds is 7. The molecule has 0 amide bonds. The first-order valence-electron chi connectivity index (χ1n) is 11.1. The van der Waals surface area contributed by atoms with Gasteiger partial charge in [-0.3, -0.25) is 25.2 Å². The van der Waals surface area contributed by atoms with Crippen molar-refractivity contribution in [3.05, 3.63) is 116 Å². The van der Waals surface area contributed by atoms with E-state index in [1.165, 1.54) is 6.07 Å². The van der Waals surface area contributed by atoms with Gasteiger partial charge in [-0.1, -0.05) is 18.2 Å². The largest absolute Gasteiger partial charge is 0.450 e. The summed E-state index contributed by atoms with van der Waals surface area (Å²) in [7, 11) is 0. The zero-order chi connectivity index (χ0) is 25.9. The molecule has 10 heteroatoms. The Kier molecular flexibility index (Phi) is 6.13. The molecular formula is C27H18N4O6. The summed E-state index contributed by atoms with van der Waals surface area (Å²) in [6, 6.07) is 23.3.